The van der Waals surface area contributed by atoms with Crippen molar-refractivity contribution >= 4 is 17.5 Å². The second-order valence-electron chi connectivity index (χ2n) is 5.73. The first-order valence-corrected chi connectivity index (χ1v) is 8.18. The van der Waals surface area contributed by atoms with Crippen LogP contribution in [-0.4, -0.2) is 40.1 Å². The van der Waals surface area contributed by atoms with E-state index in [1.807, 2.05) is 41.7 Å². The smallest absolute Gasteiger partial charge is 0.248 e. The molecular formula is C17H20ClN3O2. The maximum Gasteiger partial charge on any atom is 0.248 e. The van der Waals surface area contributed by atoms with Gasteiger partial charge in [0.1, 0.15) is 6.61 Å². The SMILES string of the molecule is O=C(COCc1ccccc1Cl)N1CCC[C@H](n2ccnc2)C1. The second kappa shape index (κ2) is 7.62. The van der Waals surface area contributed by atoms with Crippen LogP contribution in [0.4, 0.5) is 0 Å². The van der Waals surface area contributed by atoms with Crippen molar-refractivity contribution in [2.75, 3.05) is 19.7 Å². The van der Waals surface area contributed by atoms with Crippen LogP contribution in [0.25, 0.3) is 0 Å². The van der Waals surface area contributed by atoms with E-state index < -0.39 is 0 Å². The number of amides is 1. The number of hydrogen-bond donors (Lipinski definition) is 0. The molecule has 1 saturated heterocycles. The Morgan fingerprint density at radius 3 is 3.04 bits per heavy atom. The number of ether oxygens (including phenoxy) is 1. The number of carbonyl (C=O) groups excluding carboxylic acids is 1. The van der Waals surface area contributed by atoms with E-state index in [1.54, 1.807) is 6.20 Å². The fraction of sp³-hybridized carbons (Fsp3) is 0.412. The van der Waals surface area contributed by atoms with Gasteiger partial charge in [0.25, 0.3) is 0 Å². The minimum atomic E-state index is 0.0295. The summed E-state index contributed by atoms with van der Waals surface area (Å²) in [6.07, 6.45) is 7.60. The van der Waals surface area contributed by atoms with Crippen LogP contribution in [0.1, 0.15) is 24.4 Å². The molecule has 0 saturated carbocycles. The van der Waals surface area contributed by atoms with Crippen LogP contribution in [0.15, 0.2) is 43.0 Å². The van der Waals surface area contributed by atoms with E-state index in [4.69, 9.17) is 16.3 Å². The molecule has 0 aliphatic carbocycles. The number of carbonyl (C=O) groups is 1. The van der Waals surface area contributed by atoms with E-state index in [9.17, 15) is 4.79 Å². The lowest BCUT2D eigenvalue weighted by molar-refractivity contribution is -0.138. The molecule has 0 radical (unpaired) electrons. The summed E-state index contributed by atoms with van der Waals surface area (Å²) < 4.78 is 7.62. The molecule has 2 heterocycles. The quantitative estimate of drug-likeness (QED) is 0.845. The Hall–Kier alpha value is -1.85. The minimum Gasteiger partial charge on any atom is -0.367 e. The molecule has 122 valence electrons. The van der Waals surface area contributed by atoms with Crippen molar-refractivity contribution in [3.63, 3.8) is 0 Å². The summed E-state index contributed by atoms with van der Waals surface area (Å²) in [5.41, 5.74) is 0.900. The molecule has 1 aromatic carbocycles. The molecule has 3 rings (SSSR count). The molecule has 2 aromatic rings. The number of likely N-dealkylation sites (tertiary alicyclic amines) is 1. The summed E-state index contributed by atoms with van der Waals surface area (Å²) >= 11 is 6.08. The Bertz CT molecular complexity index is 645. The molecule has 1 fully saturated rings. The van der Waals surface area contributed by atoms with Gasteiger partial charge in [0, 0.05) is 30.5 Å². The van der Waals surface area contributed by atoms with Crippen LogP contribution in [0.5, 0.6) is 0 Å². The topological polar surface area (TPSA) is 47.4 Å². The summed E-state index contributed by atoms with van der Waals surface area (Å²) in [5, 5.41) is 0.665. The molecule has 1 atom stereocenters. The minimum absolute atomic E-state index is 0.0295. The fourth-order valence-electron chi connectivity index (χ4n) is 2.87. The first kappa shape index (κ1) is 16.0. The van der Waals surface area contributed by atoms with E-state index in [0.717, 1.165) is 24.9 Å². The van der Waals surface area contributed by atoms with Crippen molar-refractivity contribution in [3.05, 3.63) is 53.6 Å². The summed E-state index contributed by atoms with van der Waals surface area (Å²) in [6, 6.07) is 7.82. The Kier molecular flexibility index (Phi) is 5.31. The van der Waals surface area contributed by atoms with Gasteiger partial charge in [-0.3, -0.25) is 4.79 Å². The number of nitrogens with zero attached hydrogens (tertiary/aromatic N) is 3. The van der Waals surface area contributed by atoms with Crippen LogP contribution in [0, 0.1) is 0 Å². The van der Waals surface area contributed by atoms with E-state index in [2.05, 4.69) is 9.55 Å². The number of halogens is 1. The molecule has 23 heavy (non-hydrogen) atoms. The highest BCUT2D eigenvalue weighted by molar-refractivity contribution is 6.31. The van der Waals surface area contributed by atoms with Gasteiger partial charge in [0.15, 0.2) is 0 Å². The molecule has 0 bridgehead atoms. The average Bonchev–Trinajstić information content (AvgIpc) is 3.11. The predicted octanol–water partition coefficient (Wildman–Crippen LogP) is 2.92. The largest absolute Gasteiger partial charge is 0.367 e. The summed E-state index contributed by atoms with van der Waals surface area (Å²) in [6.45, 7) is 1.94. The number of piperidine rings is 1. The maximum absolute atomic E-state index is 12.3. The molecule has 0 N–H and O–H groups in total. The lowest BCUT2D eigenvalue weighted by Crippen LogP contribution is -2.42. The van der Waals surface area contributed by atoms with Gasteiger partial charge in [0.05, 0.1) is 19.0 Å². The van der Waals surface area contributed by atoms with Gasteiger partial charge in [-0.1, -0.05) is 29.8 Å². The van der Waals surface area contributed by atoms with Crippen LogP contribution in [-0.2, 0) is 16.1 Å². The Morgan fingerprint density at radius 1 is 1.39 bits per heavy atom. The monoisotopic (exact) mass is 333 g/mol. The number of rotatable bonds is 5. The number of hydrogen-bond acceptors (Lipinski definition) is 3. The van der Waals surface area contributed by atoms with Crippen molar-refractivity contribution < 1.29 is 9.53 Å². The van der Waals surface area contributed by atoms with Crippen molar-refractivity contribution in [1.29, 1.82) is 0 Å². The second-order valence-corrected chi connectivity index (χ2v) is 6.14. The van der Waals surface area contributed by atoms with E-state index in [0.29, 0.717) is 24.2 Å². The maximum atomic E-state index is 12.3. The zero-order valence-corrected chi connectivity index (χ0v) is 13.7. The van der Waals surface area contributed by atoms with Crippen LogP contribution >= 0.6 is 11.6 Å². The van der Waals surface area contributed by atoms with Gasteiger partial charge >= 0.3 is 0 Å². The molecule has 0 unspecified atom stereocenters. The van der Waals surface area contributed by atoms with Crippen molar-refractivity contribution in [1.82, 2.24) is 14.5 Å². The summed E-state index contributed by atoms with van der Waals surface area (Å²) in [4.78, 5) is 18.3. The third-order valence-corrected chi connectivity index (χ3v) is 4.51. The first-order chi connectivity index (χ1) is 11.2. The Labute approximate surface area is 140 Å². The standard InChI is InChI=1S/C17H20ClN3O2/c18-16-6-2-1-4-14(16)11-23-12-17(22)20-8-3-5-15(10-20)21-9-7-19-13-21/h1-2,4,6-7,9,13,15H,3,5,8,10-12H2/t15-/m0/s1. The molecule has 1 aliphatic heterocycles. The molecular weight excluding hydrogens is 314 g/mol. The molecule has 5 nitrogen and oxygen atoms in total. The number of aromatic nitrogens is 2. The van der Waals surface area contributed by atoms with Gasteiger partial charge in [-0.2, -0.15) is 0 Å². The van der Waals surface area contributed by atoms with Gasteiger partial charge in [-0.25, -0.2) is 4.98 Å². The van der Waals surface area contributed by atoms with E-state index in [-0.39, 0.29) is 12.5 Å². The normalized spacial score (nSPS) is 18.1. The lowest BCUT2D eigenvalue weighted by Gasteiger charge is -2.33. The highest BCUT2D eigenvalue weighted by atomic mass is 35.5. The first-order valence-electron chi connectivity index (χ1n) is 7.80. The molecule has 1 aliphatic rings. The zero-order valence-electron chi connectivity index (χ0n) is 12.9. The van der Waals surface area contributed by atoms with E-state index in [1.165, 1.54) is 0 Å². The van der Waals surface area contributed by atoms with Gasteiger partial charge in [-0.15, -0.1) is 0 Å². The van der Waals surface area contributed by atoms with Crippen LogP contribution in [0.2, 0.25) is 5.02 Å². The van der Waals surface area contributed by atoms with Crippen LogP contribution < -0.4 is 0 Å². The van der Waals surface area contributed by atoms with Gasteiger partial charge in [0.2, 0.25) is 5.91 Å². The fourth-order valence-corrected chi connectivity index (χ4v) is 3.06. The van der Waals surface area contributed by atoms with Gasteiger partial charge in [-0.05, 0) is 24.5 Å². The average molecular weight is 334 g/mol. The molecule has 0 spiro atoms. The Morgan fingerprint density at radius 2 is 2.26 bits per heavy atom. The van der Waals surface area contributed by atoms with Crippen molar-refractivity contribution in [2.45, 2.75) is 25.5 Å². The van der Waals surface area contributed by atoms with Gasteiger partial charge < -0.3 is 14.2 Å². The van der Waals surface area contributed by atoms with Crippen molar-refractivity contribution in [3.8, 4) is 0 Å². The molecule has 1 aromatic heterocycles. The third-order valence-electron chi connectivity index (χ3n) is 4.14. The summed E-state index contributed by atoms with van der Waals surface area (Å²) in [7, 11) is 0. The summed E-state index contributed by atoms with van der Waals surface area (Å²) in [5.74, 6) is 0.0295. The highest BCUT2D eigenvalue weighted by Gasteiger charge is 2.24. The molecule has 6 heteroatoms. The number of benzene rings is 1. The van der Waals surface area contributed by atoms with Crippen molar-refractivity contribution in [2.24, 2.45) is 0 Å². The van der Waals surface area contributed by atoms with Crippen LogP contribution in [0.3, 0.4) is 0 Å². The molecule has 1 amide bonds. The predicted molar refractivity (Wildman–Crippen MR) is 88.2 cm³/mol. The number of imidazole rings is 1. The van der Waals surface area contributed by atoms with E-state index >= 15 is 0 Å². The Balaban J connectivity index is 1.49. The highest BCUT2D eigenvalue weighted by Crippen LogP contribution is 2.21. The zero-order chi connectivity index (χ0) is 16.1. The lowest BCUT2D eigenvalue weighted by atomic mass is 10.1. The third kappa shape index (κ3) is 4.12.